The maximum absolute atomic E-state index is 13.0. The number of aliphatic carboxylic acids is 1. The molecule has 0 saturated heterocycles. The minimum absolute atomic E-state index is 0.0142. The number of carbonyl (C=O) groups is 2. The molecule has 168 valence electrons. The summed E-state index contributed by atoms with van der Waals surface area (Å²) in [6.45, 7) is 1.26. The summed E-state index contributed by atoms with van der Waals surface area (Å²) in [5, 5.41) is 20.8. The van der Waals surface area contributed by atoms with Crippen molar-refractivity contribution in [3.8, 4) is 5.88 Å². The molecule has 0 aliphatic carbocycles. The van der Waals surface area contributed by atoms with Crippen molar-refractivity contribution < 1.29 is 28.2 Å². The van der Waals surface area contributed by atoms with Gasteiger partial charge in [-0.25, -0.2) is 8.42 Å². The van der Waals surface area contributed by atoms with E-state index in [4.69, 9.17) is 5.11 Å². The molecular formula is C19H18N4O7S2. The van der Waals surface area contributed by atoms with Gasteiger partial charge in [0.15, 0.2) is 10.5 Å². The van der Waals surface area contributed by atoms with Crippen LogP contribution >= 0.6 is 11.3 Å². The van der Waals surface area contributed by atoms with Crippen LogP contribution in [0.1, 0.15) is 26.5 Å². The van der Waals surface area contributed by atoms with Gasteiger partial charge >= 0.3 is 5.97 Å². The normalized spacial score (nSPS) is 14.3. The minimum atomic E-state index is -3.75. The molecule has 0 unspecified atom stereocenters. The number of fused-ring (bicyclic) bond motifs is 3. The predicted molar refractivity (Wildman–Crippen MR) is 113 cm³/mol. The largest absolute Gasteiger partial charge is 0.492 e. The second kappa shape index (κ2) is 8.00. The number of carbonyl (C=O) groups excluding carboxylic acids is 1. The monoisotopic (exact) mass is 478 g/mol. The van der Waals surface area contributed by atoms with Crippen molar-refractivity contribution in [2.24, 2.45) is 0 Å². The number of hydrogen-bond acceptors (Lipinski definition) is 8. The van der Waals surface area contributed by atoms with Crippen LogP contribution in [0.4, 0.5) is 0 Å². The van der Waals surface area contributed by atoms with Crippen LogP contribution in [0.15, 0.2) is 34.0 Å². The van der Waals surface area contributed by atoms with E-state index in [2.05, 4.69) is 4.98 Å². The smallest absolute Gasteiger partial charge is 0.322 e. The summed E-state index contributed by atoms with van der Waals surface area (Å²) >= 11 is 1.04. The van der Waals surface area contributed by atoms with E-state index in [1.54, 1.807) is 12.1 Å². The summed E-state index contributed by atoms with van der Waals surface area (Å²) in [5.74, 6) is -3.19. The van der Waals surface area contributed by atoms with Gasteiger partial charge in [0, 0.05) is 23.5 Å². The Bertz CT molecular complexity index is 1410. The fourth-order valence-electron chi connectivity index (χ4n) is 3.44. The van der Waals surface area contributed by atoms with Crippen LogP contribution < -0.4 is 10.9 Å². The molecule has 0 fully saturated rings. The van der Waals surface area contributed by atoms with Gasteiger partial charge < -0.3 is 15.5 Å². The number of sulfonamides is 1. The predicted octanol–water partition coefficient (Wildman–Crippen LogP) is 0.331. The third-order valence-electron chi connectivity index (χ3n) is 5.04. The maximum Gasteiger partial charge on any atom is 0.322 e. The van der Waals surface area contributed by atoms with Crippen molar-refractivity contribution >= 4 is 38.2 Å². The average molecular weight is 479 g/mol. The van der Waals surface area contributed by atoms with E-state index in [1.165, 1.54) is 20.8 Å². The highest BCUT2D eigenvalue weighted by molar-refractivity contribution is 7.89. The van der Waals surface area contributed by atoms with Crippen molar-refractivity contribution in [3.63, 3.8) is 0 Å². The van der Waals surface area contributed by atoms with E-state index in [9.17, 15) is 27.9 Å². The zero-order valence-electron chi connectivity index (χ0n) is 16.7. The fraction of sp³-hybridized carbons (Fsp3) is 0.263. The van der Waals surface area contributed by atoms with Gasteiger partial charge in [-0.15, -0.1) is 0 Å². The summed E-state index contributed by atoms with van der Waals surface area (Å²) < 4.78 is 28.5. The molecule has 0 spiro atoms. The highest BCUT2D eigenvalue weighted by Gasteiger charge is 2.32. The fourth-order valence-corrected chi connectivity index (χ4v) is 6.10. The first-order chi connectivity index (χ1) is 15.1. The summed E-state index contributed by atoms with van der Waals surface area (Å²) in [6.07, 6.45) is 0.197. The average Bonchev–Trinajstić information content (AvgIpc) is 3.10. The number of nitrogens with one attached hydrogen (secondary N) is 1. The zero-order valence-corrected chi connectivity index (χ0v) is 18.4. The Morgan fingerprint density at radius 1 is 1.25 bits per heavy atom. The van der Waals surface area contributed by atoms with E-state index in [0.29, 0.717) is 10.6 Å². The molecular weight excluding hydrogens is 460 g/mol. The maximum atomic E-state index is 13.0. The molecule has 32 heavy (non-hydrogen) atoms. The Labute approximate surface area is 185 Å². The number of nitrogens with zero attached hydrogens (tertiary/aromatic N) is 3. The lowest BCUT2D eigenvalue weighted by Crippen LogP contribution is -2.37. The topological polar surface area (TPSA) is 158 Å². The number of rotatable bonds is 5. The molecule has 1 aliphatic rings. The molecule has 3 heterocycles. The number of thiazole rings is 1. The van der Waals surface area contributed by atoms with Crippen LogP contribution in [0, 0.1) is 6.92 Å². The molecule has 13 heteroatoms. The van der Waals surface area contributed by atoms with Crippen LogP contribution in [0.5, 0.6) is 5.88 Å². The number of aryl methyl sites for hydroxylation is 1. The number of amides is 1. The van der Waals surface area contributed by atoms with Crippen LogP contribution in [0.25, 0.3) is 4.96 Å². The summed E-state index contributed by atoms with van der Waals surface area (Å²) in [7, 11) is -3.75. The number of hydrogen-bond donors (Lipinski definition) is 3. The Balaban J connectivity index is 1.71. The van der Waals surface area contributed by atoms with E-state index < -0.39 is 45.4 Å². The SMILES string of the molecule is Cc1ccc(S(=O)(=O)N2CCc3c(sc4nc(O)c(C(=O)NCC(=O)O)c(=O)n34)C2)cc1. The first kappa shape index (κ1) is 21.9. The van der Waals surface area contributed by atoms with Crippen molar-refractivity contribution in [1.82, 2.24) is 19.0 Å². The van der Waals surface area contributed by atoms with Gasteiger partial charge in [0.1, 0.15) is 6.54 Å². The molecule has 11 nitrogen and oxygen atoms in total. The Kier molecular flexibility index (Phi) is 5.48. The number of carboxylic acids is 1. The summed E-state index contributed by atoms with van der Waals surface area (Å²) in [5.41, 5.74) is -0.0743. The Morgan fingerprint density at radius 2 is 1.94 bits per heavy atom. The van der Waals surface area contributed by atoms with Gasteiger partial charge in [0.25, 0.3) is 11.5 Å². The van der Waals surface area contributed by atoms with Gasteiger partial charge in [-0.2, -0.15) is 9.29 Å². The van der Waals surface area contributed by atoms with Crippen LogP contribution in [0.2, 0.25) is 0 Å². The molecule has 0 radical (unpaired) electrons. The first-order valence-corrected chi connectivity index (χ1v) is 11.7. The Hall–Kier alpha value is -3.29. The van der Waals surface area contributed by atoms with E-state index in [-0.39, 0.29) is 29.4 Å². The second-order valence-corrected chi connectivity index (χ2v) is 10.2. The van der Waals surface area contributed by atoms with E-state index in [0.717, 1.165) is 16.9 Å². The molecule has 2 aromatic heterocycles. The molecule has 1 aromatic carbocycles. The minimum Gasteiger partial charge on any atom is -0.492 e. The third-order valence-corrected chi connectivity index (χ3v) is 7.97. The summed E-state index contributed by atoms with van der Waals surface area (Å²) in [4.78, 5) is 40.6. The Morgan fingerprint density at radius 3 is 2.59 bits per heavy atom. The summed E-state index contributed by atoms with van der Waals surface area (Å²) in [6, 6.07) is 6.50. The molecule has 1 aliphatic heterocycles. The number of benzene rings is 1. The van der Waals surface area contributed by atoms with Crippen molar-refractivity contribution in [3.05, 3.63) is 56.3 Å². The molecule has 0 bridgehead atoms. The van der Waals surface area contributed by atoms with Gasteiger partial charge in [-0.3, -0.25) is 18.8 Å². The molecule has 3 aromatic rings. The quantitative estimate of drug-likeness (QED) is 0.473. The lowest BCUT2D eigenvalue weighted by Gasteiger charge is -2.26. The van der Waals surface area contributed by atoms with Crippen molar-refractivity contribution in [1.29, 1.82) is 0 Å². The number of carboxylic acid groups (broad SMARTS) is 1. The van der Waals surface area contributed by atoms with Gasteiger partial charge in [0.2, 0.25) is 15.9 Å². The van der Waals surface area contributed by atoms with Crippen molar-refractivity contribution in [2.75, 3.05) is 13.1 Å². The zero-order chi connectivity index (χ0) is 23.2. The molecule has 3 N–H and O–H groups in total. The molecule has 0 atom stereocenters. The first-order valence-electron chi connectivity index (χ1n) is 9.42. The van der Waals surface area contributed by atoms with Gasteiger partial charge in [-0.05, 0) is 19.1 Å². The number of aromatic hydroxyl groups is 1. The lowest BCUT2D eigenvalue weighted by atomic mass is 10.2. The highest BCUT2D eigenvalue weighted by atomic mass is 32.2. The second-order valence-electron chi connectivity index (χ2n) is 7.18. The molecule has 1 amide bonds. The van der Waals surface area contributed by atoms with Gasteiger partial charge in [0.05, 0.1) is 11.4 Å². The van der Waals surface area contributed by atoms with E-state index >= 15 is 0 Å². The van der Waals surface area contributed by atoms with Crippen LogP contribution in [-0.2, 0) is 27.8 Å². The van der Waals surface area contributed by atoms with E-state index in [1.807, 2.05) is 12.2 Å². The third kappa shape index (κ3) is 3.74. The van der Waals surface area contributed by atoms with Crippen LogP contribution in [0.3, 0.4) is 0 Å². The van der Waals surface area contributed by atoms with Crippen molar-refractivity contribution in [2.45, 2.75) is 24.8 Å². The molecule has 0 saturated carbocycles. The highest BCUT2D eigenvalue weighted by Crippen LogP contribution is 2.31. The number of aromatic nitrogens is 2. The van der Waals surface area contributed by atoms with Crippen LogP contribution in [-0.4, -0.2) is 57.3 Å². The lowest BCUT2D eigenvalue weighted by molar-refractivity contribution is -0.135. The van der Waals surface area contributed by atoms with Gasteiger partial charge in [-0.1, -0.05) is 29.0 Å². The molecule has 4 rings (SSSR count). The standard InChI is InChI=1S/C19H18N4O7S2/c1-10-2-4-11(5-3-10)32(29,30)22-7-6-12-13(9-22)31-19-21-17(27)15(18(28)23(12)19)16(26)20-8-14(24)25/h2-5,27H,6-9H2,1H3,(H,20,26)(H,24,25).